The average Bonchev–Trinajstić information content (AvgIpc) is 2.64. The Hall–Kier alpha value is -3.13. The fraction of sp³-hybridized carbons (Fsp3) is 0. The quantitative estimate of drug-likeness (QED) is 0.398. The number of rotatable bonds is 4. The highest BCUT2D eigenvalue weighted by Crippen LogP contribution is 2.19. The van der Waals surface area contributed by atoms with Crippen molar-refractivity contribution in [2.45, 2.75) is 0 Å². The van der Waals surface area contributed by atoms with E-state index in [0.29, 0.717) is 5.71 Å². The zero-order chi connectivity index (χ0) is 15.9. The van der Waals surface area contributed by atoms with Gasteiger partial charge in [-0.3, -0.25) is 0 Å². The Labute approximate surface area is 136 Å². The lowest BCUT2D eigenvalue weighted by molar-refractivity contribution is 0.320. The van der Waals surface area contributed by atoms with E-state index in [1.165, 1.54) is 5.56 Å². The number of benzene rings is 3. The molecule has 0 aliphatic rings. The Morgan fingerprint density at radius 3 is 1.87 bits per heavy atom. The summed E-state index contributed by atoms with van der Waals surface area (Å²) < 4.78 is 0. The molecule has 0 heterocycles. The molecular formula is C21H17NO. The molecule has 3 rings (SSSR count). The predicted molar refractivity (Wildman–Crippen MR) is 95.7 cm³/mol. The number of hydrogen-bond acceptors (Lipinski definition) is 2. The Morgan fingerprint density at radius 2 is 1.26 bits per heavy atom. The average molecular weight is 299 g/mol. The minimum Gasteiger partial charge on any atom is -0.410 e. The van der Waals surface area contributed by atoms with Crippen LogP contribution in [0.3, 0.4) is 0 Å². The van der Waals surface area contributed by atoms with Crippen LogP contribution in [0.15, 0.2) is 96.2 Å². The number of allylic oxidation sites excluding steroid dienone is 1. The van der Waals surface area contributed by atoms with E-state index in [0.717, 1.165) is 16.7 Å². The van der Waals surface area contributed by atoms with Crippen molar-refractivity contribution in [2.24, 2.45) is 5.16 Å². The number of oxime groups is 1. The van der Waals surface area contributed by atoms with E-state index in [9.17, 15) is 5.21 Å². The van der Waals surface area contributed by atoms with E-state index in [1.54, 1.807) is 0 Å². The van der Waals surface area contributed by atoms with Crippen LogP contribution in [0.1, 0.15) is 11.1 Å². The molecule has 2 heteroatoms. The first-order valence-electron chi connectivity index (χ1n) is 7.48. The minimum absolute atomic E-state index is 0.536. The topological polar surface area (TPSA) is 32.6 Å². The van der Waals surface area contributed by atoms with Gasteiger partial charge in [-0.1, -0.05) is 96.2 Å². The lowest BCUT2D eigenvalue weighted by atomic mass is 10.0. The molecule has 0 unspecified atom stereocenters. The summed E-state index contributed by atoms with van der Waals surface area (Å²) in [4.78, 5) is 0. The molecule has 0 spiro atoms. The lowest BCUT2D eigenvalue weighted by Gasteiger charge is -2.04. The largest absolute Gasteiger partial charge is 0.410 e. The van der Waals surface area contributed by atoms with E-state index in [-0.39, 0.29) is 0 Å². The van der Waals surface area contributed by atoms with E-state index < -0.39 is 0 Å². The maximum Gasteiger partial charge on any atom is 0.109 e. The van der Waals surface area contributed by atoms with Gasteiger partial charge in [0.15, 0.2) is 0 Å². The van der Waals surface area contributed by atoms with Crippen LogP contribution in [0.25, 0.3) is 17.2 Å². The Morgan fingerprint density at radius 1 is 0.696 bits per heavy atom. The van der Waals surface area contributed by atoms with Crippen LogP contribution in [-0.4, -0.2) is 10.9 Å². The van der Waals surface area contributed by atoms with Gasteiger partial charge in [0.2, 0.25) is 0 Å². The van der Waals surface area contributed by atoms with Gasteiger partial charge in [-0.15, -0.1) is 0 Å². The summed E-state index contributed by atoms with van der Waals surface area (Å²) in [6.07, 6.45) is 3.74. The summed E-state index contributed by atoms with van der Waals surface area (Å²) in [7, 11) is 0. The molecule has 0 aliphatic carbocycles. The molecule has 0 aromatic heterocycles. The predicted octanol–water partition coefficient (Wildman–Crippen LogP) is 5.25. The van der Waals surface area contributed by atoms with E-state index in [4.69, 9.17) is 0 Å². The highest BCUT2D eigenvalue weighted by molar-refractivity contribution is 6.10. The number of hydrogen-bond donors (Lipinski definition) is 1. The number of nitrogens with zero attached hydrogens (tertiary/aromatic N) is 1. The summed E-state index contributed by atoms with van der Waals surface area (Å²) >= 11 is 0. The van der Waals surface area contributed by atoms with Crippen molar-refractivity contribution in [3.05, 3.63) is 102 Å². The van der Waals surface area contributed by atoms with Gasteiger partial charge in [0.1, 0.15) is 5.71 Å². The summed E-state index contributed by atoms with van der Waals surface area (Å²) in [5.41, 5.74) is 4.78. The van der Waals surface area contributed by atoms with E-state index >= 15 is 0 Å². The molecule has 2 nitrogen and oxygen atoms in total. The van der Waals surface area contributed by atoms with E-state index in [2.05, 4.69) is 17.3 Å². The van der Waals surface area contributed by atoms with Crippen molar-refractivity contribution in [3.8, 4) is 11.1 Å². The molecule has 0 aliphatic heterocycles. The third-order valence-corrected chi connectivity index (χ3v) is 3.63. The molecule has 1 N–H and O–H groups in total. The maximum absolute atomic E-state index is 9.28. The van der Waals surface area contributed by atoms with Gasteiger partial charge in [0, 0.05) is 5.56 Å². The smallest absolute Gasteiger partial charge is 0.109 e. The third kappa shape index (κ3) is 3.74. The normalized spacial score (nSPS) is 11.7. The SMILES string of the molecule is ON=C(C=Cc1ccccc1)c1ccc(-c2ccccc2)cc1. The van der Waals surface area contributed by atoms with Crippen molar-refractivity contribution >= 4 is 11.8 Å². The molecule has 0 bridgehead atoms. The first-order valence-corrected chi connectivity index (χ1v) is 7.48. The van der Waals surface area contributed by atoms with Crippen molar-refractivity contribution in [1.29, 1.82) is 0 Å². The molecule has 3 aromatic rings. The second-order valence-corrected chi connectivity index (χ2v) is 5.17. The standard InChI is InChI=1S/C21H17NO/c23-22-21(16-11-17-7-3-1-4-8-17)20-14-12-19(13-15-20)18-9-5-2-6-10-18/h1-16,23H. The first-order chi connectivity index (χ1) is 11.4. The van der Waals surface area contributed by atoms with Crippen molar-refractivity contribution in [3.63, 3.8) is 0 Å². The Bertz CT molecular complexity index is 803. The van der Waals surface area contributed by atoms with Crippen LogP contribution in [0.4, 0.5) is 0 Å². The van der Waals surface area contributed by atoms with Crippen molar-refractivity contribution in [1.82, 2.24) is 0 Å². The fourth-order valence-corrected chi connectivity index (χ4v) is 2.39. The van der Waals surface area contributed by atoms with Crippen molar-refractivity contribution < 1.29 is 5.21 Å². The maximum atomic E-state index is 9.28. The molecule has 0 saturated heterocycles. The summed E-state index contributed by atoms with van der Waals surface area (Å²) in [5.74, 6) is 0. The molecule has 0 radical (unpaired) electrons. The van der Waals surface area contributed by atoms with E-state index in [1.807, 2.05) is 84.9 Å². The van der Waals surface area contributed by atoms with Gasteiger partial charge in [0.25, 0.3) is 0 Å². The monoisotopic (exact) mass is 299 g/mol. The minimum atomic E-state index is 0.536. The Kier molecular flexibility index (Phi) is 4.65. The summed E-state index contributed by atoms with van der Waals surface area (Å²) in [6, 6.07) is 28.1. The van der Waals surface area contributed by atoms with Crippen LogP contribution in [-0.2, 0) is 0 Å². The highest BCUT2D eigenvalue weighted by atomic mass is 16.4. The molecule has 0 saturated carbocycles. The van der Waals surface area contributed by atoms with Gasteiger partial charge >= 0.3 is 0 Å². The van der Waals surface area contributed by atoms with Gasteiger partial charge in [-0.2, -0.15) is 0 Å². The fourth-order valence-electron chi connectivity index (χ4n) is 2.39. The van der Waals surface area contributed by atoms with Crippen LogP contribution in [0.2, 0.25) is 0 Å². The molecule has 23 heavy (non-hydrogen) atoms. The first kappa shape index (κ1) is 14.8. The van der Waals surface area contributed by atoms with Crippen molar-refractivity contribution in [2.75, 3.05) is 0 Å². The van der Waals surface area contributed by atoms with Gasteiger partial charge in [-0.25, -0.2) is 0 Å². The molecule has 112 valence electrons. The van der Waals surface area contributed by atoms with Gasteiger partial charge in [-0.05, 0) is 22.8 Å². The van der Waals surface area contributed by atoms with Crippen LogP contribution < -0.4 is 0 Å². The molecule has 3 aromatic carbocycles. The molecule has 0 fully saturated rings. The third-order valence-electron chi connectivity index (χ3n) is 3.63. The molecular weight excluding hydrogens is 282 g/mol. The van der Waals surface area contributed by atoms with Crippen LogP contribution >= 0.6 is 0 Å². The Balaban J connectivity index is 1.81. The summed E-state index contributed by atoms with van der Waals surface area (Å²) in [6.45, 7) is 0. The second kappa shape index (κ2) is 7.23. The molecule has 0 amide bonds. The highest BCUT2D eigenvalue weighted by Gasteiger charge is 2.02. The lowest BCUT2D eigenvalue weighted by Crippen LogP contribution is -1.96. The zero-order valence-electron chi connectivity index (χ0n) is 12.6. The van der Waals surface area contributed by atoms with Gasteiger partial charge in [0.05, 0.1) is 0 Å². The van der Waals surface area contributed by atoms with Crippen LogP contribution in [0, 0.1) is 0 Å². The summed E-state index contributed by atoms with van der Waals surface area (Å²) in [5, 5.41) is 12.7. The molecule has 0 atom stereocenters. The zero-order valence-corrected chi connectivity index (χ0v) is 12.6. The van der Waals surface area contributed by atoms with Crippen LogP contribution in [0.5, 0.6) is 0 Å². The second-order valence-electron chi connectivity index (χ2n) is 5.17. The van der Waals surface area contributed by atoms with Gasteiger partial charge < -0.3 is 5.21 Å².